The van der Waals surface area contributed by atoms with Crippen molar-refractivity contribution in [3.8, 4) is 33.5 Å². The van der Waals surface area contributed by atoms with Gasteiger partial charge in [0.25, 0.3) is 0 Å². The summed E-state index contributed by atoms with van der Waals surface area (Å²) in [4.78, 5) is 13.7. The average Bonchev–Trinajstić information content (AvgIpc) is 3.33. The highest BCUT2D eigenvalue weighted by Gasteiger charge is 2.15. The number of hydrogen-bond acceptors (Lipinski definition) is 5. The third-order valence-electron chi connectivity index (χ3n) is 6.65. The van der Waals surface area contributed by atoms with Crippen LogP contribution in [0.3, 0.4) is 0 Å². The number of pyridine rings is 2. The molecule has 3 aromatic heterocycles. The molecule has 1 aliphatic heterocycles. The molecule has 6 rings (SSSR count). The molecule has 34 heavy (non-hydrogen) atoms. The van der Waals surface area contributed by atoms with Gasteiger partial charge in [0.05, 0.1) is 5.69 Å². The van der Waals surface area contributed by atoms with E-state index in [0.29, 0.717) is 0 Å². The number of likely N-dealkylation sites (N-methyl/N-ethyl adjacent to an activating group) is 1. The van der Waals surface area contributed by atoms with Crippen LogP contribution in [0.25, 0.3) is 44.5 Å². The molecule has 6 nitrogen and oxygen atoms in total. The molecule has 0 aliphatic carbocycles. The number of nitrogens with zero attached hydrogens (tertiary/aromatic N) is 5. The minimum Gasteiger partial charge on any atom is -0.369 e. The number of piperazine rings is 1. The van der Waals surface area contributed by atoms with Gasteiger partial charge in [-0.25, -0.2) is 4.98 Å². The zero-order chi connectivity index (χ0) is 22.9. The van der Waals surface area contributed by atoms with Crippen LogP contribution in [0.5, 0.6) is 0 Å². The van der Waals surface area contributed by atoms with Gasteiger partial charge in [-0.15, -0.1) is 0 Å². The van der Waals surface area contributed by atoms with Crippen molar-refractivity contribution in [2.75, 3.05) is 38.1 Å². The van der Waals surface area contributed by atoms with E-state index in [1.165, 1.54) is 5.69 Å². The molecule has 1 saturated heterocycles. The highest BCUT2D eigenvalue weighted by Crippen LogP contribution is 2.31. The zero-order valence-electron chi connectivity index (χ0n) is 19.1. The quantitative estimate of drug-likeness (QED) is 0.416. The second-order valence-corrected chi connectivity index (χ2v) is 8.85. The second kappa shape index (κ2) is 8.72. The molecule has 4 heterocycles. The molecule has 1 N–H and O–H groups in total. The molecule has 1 fully saturated rings. The summed E-state index contributed by atoms with van der Waals surface area (Å²) in [6.07, 6.45) is 5.58. The Labute approximate surface area is 198 Å². The third-order valence-corrected chi connectivity index (χ3v) is 6.65. The Morgan fingerprint density at radius 3 is 2.18 bits per heavy atom. The van der Waals surface area contributed by atoms with E-state index in [-0.39, 0.29) is 0 Å². The molecule has 5 aromatic rings. The van der Waals surface area contributed by atoms with E-state index in [1.54, 1.807) is 6.20 Å². The van der Waals surface area contributed by atoms with E-state index in [9.17, 15) is 0 Å². The van der Waals surface area contributed by atoms with Gasteiger partial charge in [-0.05, 0) is 48.0 Å². The van der Waals surface area contributed by atoms with E-state index in [1.807, 2.05) is 18.5 Å². The molecule has 0 atom stereocenters. The third kappa shape index (κ3) is 3.93. The van der Waals surface area contributed by atoms with Crippen LogP contribution in [-0.4, -0.2) is 58.3 Å². The van der Waals surface area contributed by atoms with Gasteiger partial charge in [-0.2, -0.15) is 5.10 Å². The first-order valence-corrected chi connectivity index (χ1v) is 11.6. The number of H-pyrrole nitrogens is 1. The monoisotopic (exact) mass is 446 g/mol. The summed E-state index contributed by atoms with van der Waals surface area (Å²) < 4.78 is 0. The average molecular weight is 447 g/mol. The topological polar surface area (TPSA) is 60.9 Å². The van der Waals surface area contributed by atoms with Gasteiger partial charge in [-0.3, -0.25) is 10.1 Å². The van der Waals surface area contributed by atoms with Crippen LogP contribution in [0.1, 0.15) is 0 Å². The van der Waals surface area contributed by atoms with Crippen molar-refractivity contribution < 1.29 is 0 Å². The fraction of sp³-hybridized carbons (Fsp3) is 0.179. The Morgan fingerprint density at radius 2 is 1.44 bits per heavy atom. The summed E-state index contributed by atoms with van der Waals surface area (Å²) in [6, 6.07) is 23.5. The fourth-order valence-electron chi connectivity index (χ4n) is 4.57. The fourth-order valence-corrected chi connectivity index (χ4v) is 4.57. The Balaban J connectivity index is 1.28. The molecule has 0 bridgehead atoms. The number of anilines is 1. The molecule has 0 radical (unpaired) electrons. The van der Waals surface area contributed by atoms with Crippen molar-refractivity contribution in [3.05, 3.63) is 85.3 Å². The van der Waals surface area contributed by atoms with Crippen molar-refractivity contribution in [2.24, 2.45) is 0 Å². The number of fused-ring (bicyclic) bond motifs is 1. The number of rotatable bonds is 4. The summed E-state index contributed by atoms with van der Waals surface area (Å²) in [5.74, 6) is 0. The van der Waals surface area contributed by atoms with Gasteiger partial charge in [0.2, 0.25) is 0 Å². The Kier molecular flexibility index (Phi) is 5.28. The molecule has 0 amide bonds. The van der Waals surface area contributed by atoms with Gasteiger partial charge in [0.1, 0.15) is 0 Å². The lowest BCUT2D eigenvalue weighted by atomic mass is 10.0. The smallest absolute Gasteiger partial charge is 0.181 e. The lowest BCUT2D eigenvalue weighted by Gasteiger charge is -2.34. The lowest BCUT2D eigenvalue weighted by molar-refractivity contribution is 0.313. The van der Waals surface area contributed by atoms with Gasteiger partial charge in [0, 0.05) is 67.0 Å². The molecule has 1 aliphatic rings. The first-order valence-electron chi connectivity index (χ1n) is 11.6. The van der Waals surface area contributed by atoms with Crippen LogP contribution in [0.15, 0.2) is 85.3 Å². The number of hydrogen-bond donors (Lipinski definition) is 1. The summed E-state index contributed by atoms with van der Waals surface area (Å²) in [7, 11) is 2.18. The van der Waals surface area contributed by atoms with Crippen LogP contribution < -0.4 is 4.90 Å². The van der Waals surface area contributed by atoms with Crippen molar-refractivity contribution in [1.29, 1.82) is 0 Å². The van der Waals surface area contributed by atoms with Crippen molar-refractivity contribution in [1.82, 2.24) is 25.1 Å². The first kappa shape index (κ1) is 20.6. The highest BCUT2D eigenvalue weighted by atomic mass is 15.2. The molecule has 0 unspecified atom stereocenters. The van der Waals surface area contributed by atoms with Crippen LogP contribution in [-0.2, 0) is 0 Å². The first-order chi connectivity index (χ1) is 16.7. The van der Waals surface area contributed by atoms with Crippen molar-refractivity contribution in [2.45, 2.75) is 0 Å². The largest absolute Gasteiger partial charge is 0.369 e. The Bertz CT molecular complexity index is 1400. The highest BCUT2D eigenvalue weighted by molar-refractivity contribution is 5.93. The van der Waals surface area contributed by atoms with Gasteiger partial charge < -0.3 is 9.80 Å². The predicted molar refractivity (Wildman–Crippen MR) is 138 cm³/mol. The van der Waals surface area contributed by atoms with E-state index in [4.69, 9.17) is 0 Å². The van der Waals surface area contributed by atoms with Crippen LogP contribution in [0.2, 0.25) is 0 Å². The number of benzene rings is 2. The molecule has 6 heteroatoms. The number of aromatic nitrogens is 4. The van der Waals surface area contributed by atoms with Crippen LogP contribution >= 0.6 is 0 Å². The SMILES string of the molecule is CN1CCN(c2ccc(-c3cnc4n[nH]c(-c5ccc(-c6cccnc6)cc5)c4c3)cc2)CC1. The van der Waals surface area contributed by atoms with E-state index >= 15 is 0 Å². The second-order valence-electron chi connectivity index (χ2n) is 8.85. The minimum atomic E-state index is 0.726. The maximum Gasteiger partial charge on any atom is 0.181 e. The molecule has 168 valence electrons. The van der Waals surface area contributed by atoms with E-state index < -0.39 is 0 Å². The van der Waals surface area contributed by atoms with Gasteiger partial charge in [-0.1, -0.05) is 42.5 Å². The maximum atomic E-state index is 4.62. The van der Waals surface area contributed by atoms with E-state index in [0.717, 1.165) is 70.7 Å². The van der Waals surface area contributed by atoms with Crippen molar-refractivity contribution >= 4 is 16.7 Å². The lowest BCUT2D eigenvalue weighted by Crippen LogP contribution is -2.44. The maximum absolute atomic E-state index is 4.62. The Morgan fingerprint density at radius 1 is 0.735 bits per heavy atom. The molecule has 2 aromatic carbocycles. The standard InChI is InChI=1S/C28H26N6/c1-33-13-15-34(16-14-33)25-10-8-21(9-11-25)24-17-26-27(31-32-28(26)30-19-24)22-6-4-20(5-7-22)23-3-2-12-29-18-23/h2-12,17-19H,13-16H2,1H3,(H,30,31,32). The van der Waals surface area contributed by atoms with Crippen molar-refractivity contribution in [3.63, 3.8) is 0 Å². The summed E-state index contributed by atoms with van der Waals surface area (Å²) in [5.41, 5.74) is 8.56. The van der Waals surface area contributed by atoms with Crippen LogP contribution in [0.4, 0.5) is 5.69 Å². The molecular formula is C28H26N6. The van der Waals surface area contributed by atoms with E-state index in [2.05, 4.69) is 97.7 Å². The summed E-state index contributed by atoms with van der Waals surface area (Å²) in [6.45, 7) is 4.35. The molecule has 0 saturated carbocycles. The van der Waals surface area contributed by atoms with Crippen LogP contribution in [0, 0.1) is 0 Å². The zero-order valence-corrected chi connectivity index (χ0v) is 19.1. The molecular weight excluding hydrogens is 420 g/mol. The molecule has 0 spiro atoms. The summed E-state index contributed by atoms with van der Waals surface area (Å²) in [5, 5.41) is 8.65. The number of aromatic amines is 1. The Hall–Kier alpha value is -4.03. The van der Waals surface area contributed by atoms with Gasteiger partial charge >= 0.3 is 0 Å². The van der Waals surface area contributed by atoms with Gasteiger partial charge in [0.15, 0.2) is 5.65 Å². The minimum absolute atomic E-state index is 0.726. The normalized spacial score (nSPS) is 14.6. The summed E-state index contributed by atoms with van der Waals surface area (Å²) >= 11 is 0. The number of nitrogens with one attached hydrogen (secondary N) is 1. The predicted octanol–water partition coefficient (Wildman–Crippen LogP) is 5.11.